The Kier molecular flexibility index (Phi) is 63.5. The maximum Gasteiger partial charge on any atom is 0.361 e. The zero-order chi connectivity index (χ0) is 60.5. The van der Waals surface area contributed by atoms with Crippen LogP contribution in [0.25, 0.3) is 0 Å². The third kappa shape index (κ3) is 66.9. The van der Waals surface area contributed by atoms with Crippen LogP contribution >= 0.6 is 0 Å². The summed E-state index contributed by atoms with van der Waals surface area (Å²) < 4.78 is 23.0. The van der Waals surface area contributed by atoms with Gasteiger partial charge in [0.15, 0.2) is 6.10 Å². The van der Waals surface area contributed by atoms with E-state index in [1.54, 1.807) is 0 Å². The van der Waals surface area contributed by atoms with Gasteiger partial charge < -0.3 is 28.5 Å². The number of ether oxygens (including phenoxy) is 4. The van der Waals surface area contributed by atoms with Crippen molar-refractivity contribution >= 4 is 17.9 Å². The van der Waals surface area contributed by atoms with Crippen LogP contribution in [0.4, 0.5) is 0 Å². The topological polar surface area (TPSA) is 108 Å². The molecule has 0 spiro atoms. The molecule has 0 saturated carbocycles. The van der Waals surface area contributed by atoms with E-state index in [1.807, 2.05) is 21.1 Å². The molecule has 2 unspecified atom stereocenters. The summed E-state index contributed by atoms with van der Waals surface area (Å²) in [5.41, 5.74) is 0. The molecule has 1 N–H and O–H groups in total. The van der Waals surface area contributed by atoms with E-state index in [2.05, 4.69) is 50.3 Å². The molecule has 2 atom stereocenters. The van der Waals surface area contributed by atoms with E-state index in [4.69, 9.17) is 18.9 Å². The highest BCUT2D eigenvalue weighted by Crippen LogP contribution is 2.19. The first-order valence-corrected chi connectivity index (χ1v) is 36.2. The first kappa shape index (κ1) is 80.5. The number of carbonyl (C=O) groups is 3. The molecular formula is C74H140NO8+. The monoisotopic (exact) mass is 1170 g/mol. The quantitative estimate of drug-likeness (QED) is 0.0211. The van der Waals surface area contributed by atoms with Gasteiger partial charge in [-0.3, -0.25) is 9.59 Å². The first-order chi connectivity index (χ1) is 40.6. The third-order valence-electron chi connectivity index (χ3n) is 16.4. The molecule has 9 heteroatoms. The number of carboxylic acids is 1. The van der Waals surface area contributed by atoms with Gasteiger partial charge in [-0.05, 0) is 51.4 Å². The Bertz CT molecular complexity index is 1450. The summed E-state index contributed by atoms with van der Waals surface area (Å²) in [6, 6.07) is 0. The molecule has 9 nitrogen and oxygen atoms in total. The standard InChI is InChI=1S/C74H139NO8/c1-6-8-10-12-14-16-18-20-22-24-26-28-30-32-33-34-35-36-37-38-39-41-42-44-46-48-50-52-54-56-58-60-62-64-71(76)81-68-70(69-82-74(73(78)79)80-67-66-75(3,4)5)83-72(77)65-63-61-59-57-55-53-51-49-47-45-43-40-31-29-27-25-23-21-19-17-15-13-11-9-7-2/h19,21,25,27,31,40,70,74H,6-18,20,22-24,26,28-30,32-39,41-69H2,1-5H3/p+1/b21-19-,27-25-,40-31-. The van der Waals surface area contributed by atoms with Crippen molar-refractivity contribution < 1.29 is 42.9 Å². The molecule has 0 aromatic carbocycles. The molecule has 0 fully saturated rings. The van der Waals surface area contributed by atoms with Crippen LogP contribution in [0.5, 0.6) is 0 Å². The van der Waals surface area contributed by atoms with Crippen LogP contribution in [0.3, 0.4) is 0 Å². The number of carboxylic acid groups (broad SMARTS) is 1. The average Bonchev–Trinajstić information content (AvgIpc) is 3.46. The van der Waals surface area contributed by atoms with E-state index in [0.717, 1.165) is 57.8 Å². The highest BCUT2D eigenvalue weighted by Gasteiger charge is 2.25. The normalized spacial score (nSPS) is 12.8. The van der Waals surface area contributed by atoms with Crippen molar-refractivity contribution in [1.82, 2.24) is 0 Å². The summed E-state index contributed by atoms with van der Waals surface area (Å²) in [6.45, 7) is 4.93. The average molecular weight is 1170 g/mol. The number of quaternary nitrogens is 1. The molecule has 0 aliphatic rings. The zero-order valence-electron chi connectivity index (χ0n) is 55.9. The van der Waals surface area contributed by atoms with Crippen molar-refractivity contribution in [1.29, 1.82) is 0 Å². The second-order valence-electron chi connectivity index (χ2n) is 25.9. The lowest BCUT2D eigenvalue weighted by molar-refractivity contribution is -0.870. The fraction of sp³-hybridized carbons (Fsp3) is 0.878. The van der Waals surface area contributed by atoms with Crippen molar-refractivity contribution in [2.75, 3.05) is 47.5 Å². The van der Waals surface area contributed by atoms with Crippen LogP contribution in [-0.4, -0.2) is 87.4 Å². The Balaban J connectivity index is 4.04. The fourth-order valence-electron chi connectivity index (χ4n) is 10.8. The molecule has 0 radical (unpaired) electrons. The Morgan fingerprint density at radius 1 is 0.361 bits per heavy atom. The highest BCUT2D eigenvalue weighted by atomic mass is 16.7. The van der Waals surface area contributed by atoms with E-state index < -0.39 is 24.3 Å². The van der Waals surface area contributed by atoms with Crippen molar-refractivity contribution in [3.63, 3.8) is 0 Å². The predicted octanol–water partition coefficient (Wildman–Crippen LogP) is 22.4. The molecule has 0 aromatic heterocycles. The fourth-order valence-corrected chi connectivity index (χ4v) is 10.8. The minimum Gasteiger partial charge on any atom is -0.477 e. The van der Waals surface area contributed by atoms with Crippen molar-refractivity contribution in [3.8, 4) is 0 Å². The highest BCUT2D eigenvalue weighted by molar-refractivity contribution is 5.71. The minimum absolute atomic E-state index is 0.179. The van der Waals surface area contributed by atoms with Crippen molar-refractivity contribution in [2.24, 2.45) is 0 Å². The summed E-state index contributed by atoms with van der Waals surface area (Å²) in [7, 11) is 5.99. The van der Waals surface area contributed by atoms with Crippen LogP contribution in [0.2, 0.25) is 0 Å². The lowest BCUT2D eigenvalue weighted by Crippen LogP contribution is -2.40. The Hall–Kier alpha value is -2.49. The molecule has 488 valence electrons. The van der Waals surface area contributed by atoms with Crippen molar-refractivity contribution in [2.45, 2.75) is 373 Å². The van der Waals surface area contributed by atoms with Crippen LogP contribution in [0.15, 0.2) is 36.5 Å². The number of hydrogen-bond acceptors (Lipinski definition) is 7. The number of rotatable bonds is 68. The maximum atomic E-state index is 12.9. The predicted molar refractivity (Wildman–Crippen MR) is 355 cm³/mol. The Morgan fingerprint density at radius 2 is 0.651 bits per heavy atom. The number of likely N-dealkylation sites (N-methyl/N-ethyl adjacent to an activating group) is 1. The van der Waals surface area contributed by atoms with Gasteiger partial charge in [0.1, 0.15) is 13.2 Å². The van der Waals surface area contributed by atoms with Crippen LogP contribution < -0.4 is 0 Å². The van der Waals surface area contributed by atoms with Gasteiger partial charge >= 0.3 is 17.9 Å². The van der Waals surface area contributed by atoms with Gasteiger partial charge in [-0.15, -0.1) is 0 Å². The molecule has 0 amide bonds. The van der Waals surface area contributed by atoms with Gasteiger partial charge in [0.25, 0.3) is 6.29 Å². The van der Waals surface area contributed by atoms with E-state index in [0.29, 0.717) is 17.4 Å². The maximum absolute atomic E-state index is 12.9. The van der Waals surface area contributed by atoms with Gasteiger partial charge in [0.2, 0.25) is 0 Å². The second-order valence-corrected chi connectivity index (χ2v) is 25.9. The molecule has 0 heterocycles. The second kappa shape index (κ2) is 65.5. The molecule has 0 aromatic rings. The van der Waals surface area contributed by atoms with Crippen LogP contribution in [-0.2, 0) is 33.3 Å². The number of allylic oxidation sites excluding steroid dienone is 6. The Labute approximate surface area is 515 Å². The van der Waals surface area contributed by atoms with Crippen LogP contribution in [0.1, 0.15) is 361 Å². The summed E-state index contributed by atoms with van der Waals surface area (Å²) in [5.74, 6) is -1.99. The van der Waals surface area contributed by atoms with E-state index in [9.17, 15) is 19.5 Å². The number of carbonyl (C=O) groups excluding carboxylic acids is 2. The summed E-state index contributed by atoms with van der Waals surface area (Å²) in [4.78, 5) is 37.6. The number of hydrogen-bond donors (Lipinski definition) is 1. The lowest BCUT2D eigenvalue weighted by atomic mass is 10.0. The molecular weight excluding hydrogens is 1030 g/mol. The largest absolute Gasteiger partial charge is 0.477 e. The van der Waals surface area contributed by atoms with Gasteiger partial charge in [-0.1, -0.05) is 333 Å². The number of esters is 2. The minimum atomic E-state index is -1.51. The summed E-state index contributed by atoms with van der Waals surface area (Å²) in [6.07, 6.45) is 79.9. The number of aliphatic carboxylic acids is 1. The smallest absolute Gasteiger partial charge is 0.361 e. The van der Waals surface area contributed by atoms with E-state index in [1.165, 1.54) is 276 Å². The molecule has 0 bridgehead atoms. The van der Waals surface area contributed by atoms with E-state index >= 15 is 0 Å². The third-order valence-corrected chi connectivity index (χ3v) is 16.4. The first-order valence-electron chi connectivity index (χ1n) is 36.2. The summed E-state index contributed by atoms with van der Waals surface area (Å²) in [5, 5.41) is 9.75. The molecule has 0 aliphatic heterocycles. The summed E-state index contributed by atoms with van der Waals surface area (Å²) >= 11 is 0. The van der Waals surface area contributed by atoms with Crippen molar-refractivity contribution in [3.05, 3.63) is 36.5 Å². The number of nitrogens with zero attached hydrogens (tertiary/aromatic N) is 1. The SMILES string of the molecule is CCCCCCC/C=C\C/C=C\C/C=C\CCCCCCCCCCCCC(=O)OC(COC(=O)CCCCCCCCCCCCCCCCCCCCCCCCCCCCCCCCCCC)COC(OCC[N+](C)(C)C)C(=O)O. The van der Waals surface area contributed by atoms with Gasteiger partial charge in [0, 0.05) is 12.8 Å². The molecule has 0 rings (SSSR count). The van der Waals surface area contributed by atoms with Gasteiger partial charge in [0.05, 0.1) is 34.4 Å². The zero-order valence-corrected chi connectivity index (χ0v) is 55.9. The van der Waals surface area contributed by atoms with E-state index in [-0.39, 0.29) is 32.2 Å². The molecule has 0 saturated heterocycles. The van der Waals surface area contributed by atoms with Crippen LogP contribution in [0, 0.1) is 0 Å². The van der Waals surface area contributed by atoms with Gasteiger partial charge in [-0.25, -0.2) is 4.79 Å². The van der Waals surface area contributed by atoms with Gasteiger partial charge in [-0.2, -0.15) is 0 Å². The molecule has 0 aliphatic carbocycles. The Morgan fingerprint density at radius 3 is 0.964 bits per heavy atom. The number of unbranched alkanes of at least 4 members (excludes halogenated alkanes) is 47. The lowest BCUT2D eigenvalue weighted by Gasteiger charge is -2.25. The molecule has 83 heavy (non-hydrogen) atoms.